The third-order valence-corrected chi connectivity index (χ3v) is 4.80. The lowest BCUT2D eigenvalue weighted by molar-refractivity contribution is 0.0945. The van der Waals surface area contributed by atoms with E-state index >= 15 is 0 Å². The van der Waals surface area contributed by atoms with Crippen LogP contribution in [-0.4, -0.2) is 63.4 Å². The topological polar surface area (TPSA) is 95.0 Å². The number of hydrogen-bond donors (Lipinski definition) is 1. The first-order valence-corrected chi connectivity index (χ1v) is 9.87. The van der Waals surface area contributed by atoms with Crippen molar-refractivity contribution in [1.29, 1.82) is 0 Å². The van der Waals surface area contributed by atoms with Crippen LogP contribution in [0.3, 0.4) is 0 Å². The van der Waals surface area contributed by atoms with Crippen LogP contribution in [0.2, 0.25) is 0 Å². The van der Waals surface area contributed by atoms with E-state index < -0.39 is 0 Å². The van der Waals surface area contributed by atoms with Crippen molar-refractivity contribution >= 4 is 11.7 Å². The van der Waals surface area contributed by atoms with Crippen molar-refractivity contribution in [2.75, 3.05) is 52.5 Å². The van der Waals surface area contributed by atoms with Gasteiger partial charge in [-0.3, -0.25) is 4.79 Å². The number of aryl methyl sites for hydroxylation is 1. The van der Waals surface area contributed by atoms with E-state index in [0.29, 0.717) is 41.1 Å². The van der Waals surface area contributed by atoms with E-state index in [1.165, 1.54) is 34.2 Å². The smallest absolute Gasteiger partial charge is 0.251 e. The van der Waals surface area contributed by atoms with Gasteiger partial charge in [-0.15, -0.1) is 0 Å². The first kappa shape index (κ1) is 21.5. The van der Waals surface area contributed by atoms with Gasteiger partial charge >= 0.3 is 0 Å². The van der Waals surface area contributed by atoms with Crippen molar-refractivity contribution in [3.63, 3.8) is 0 Å². The summed E-state index contributed by atoms with van der Waals surface area (Å²) in [6, 6.07) is 5.06. The molecule has 1 aliphatic rings. The van der Waals surface area contributed by atoms with Crippen LogP contribution in [0.4, 0.5) is 5.82 Å². The molecule has 0 atom stereocenters. The maximum atomic E-state index is 12.5. The molecular formula is C21H28N4O5. The second kappa shape index (κ2) is 10.00. The molecule has 1 fully saturated rings. The molecule has 0 radical (unpaired) electrons. The quantitative estimate of drug-likeness (QED) is 0.622. The molecule has 30 heavy (non-hydrogen) atoms. The summed E-state index contributed by atoms with van der Waals surface area (Å²) in [5.74, 6) is 3.06. The van der Waals surface area contributed by atoms with Gasteiger partial charge in [0.25, 0.3) is 5.91 Å². The molecule has 0 unspecified atom stereocenters. The van der Waals surface area contributed by atoms with Crippen molar-refractivity contribution in [2.24, 2.45) is 0 Å². The summed E-state index contributed by atoms with van der Waals surface area (Å²) in [7, 11) is 4.53. The third-order valence-electron chi connectivity index (χ3n) is 4.80. The van der Waals surface area contributed by atoms with Gasteiger partial charge in [-0.25, -0.2) is 4.98 Å². The molecule has 0 saturated carbocycles. The molecule has 3 rings (SSSR count). The number of aromatic nitrogens is 2. The van der Waals surface area contributed by atoms with Crippen LogP contribution in [0.15, 0.2) is 18.2 Å². The highest BCUT2D eigenvalue weighted by atomic mass is 16.5. The van der Waals surface area contributed by atoms with Gasteiger partial charge in [-0.2, -0.15) is 4.98 Å². The van der Waals surface area contributed by atoms with Gasteiger partial charge in [0.05, 0.1) is 27.9 Å². The van der Waals surface area contributed by atoms with Crippen molar-refractivity contribution in [1.82, 2.24) is 15.3 Å². The van der Waals surface area contributed by atoms with Crippen LogP contribution in [0.1, 0.15) is 29.0 Å². The Bertz CT molecular complexity index is 859. The minimum atomic E-state index is -0.269. The molecule has 0 spiro atoms. The van der Waals surface area contributed by atoms with Gasteiger partial charge in [0.15, 0.2) is 11.5 Å². The van der Waals surface area contributed by atoms with Crippen molar-refractivity contribution in [3.8, 4) is 23.1 Å². The summed E-state index contributed by atoms with van der Waals surface area (Å²) >= 11 is 0. The van der Waals surface area contributed by atoms with E-state index in [1.54, 1.807) is 12.1 Å². The summed E-state index contributed by atoms with van der Waals surface area (Å²) in [5, 5.41) is 2.82. The predicted molar refractivity (Wildman–Crippen MR) is 112 cm³/mol. The number of nitrogens with zero attached hydrogens (tertiary/aromatic N) is 3. The monoisotopic (exact) mass is 416 g/mol. The highest BCUT2D eigenvalue weighted by molar-refractivity contribution is 5.95. The van der Waals surface area contributed by atoms with E-state index in [9.17, 15) is 4.79 Å². The first-order valence-electron chi connectivity index (χ1n) is 9.87. The Labute approximate surface area is 176 Å². The molecular weight excluding hydrogens is 388 g/mol. The molecule has 0 aliphatic carbocycles. The lowest BCUT2D eigenvalue weighted by Crippen LogP contribution is -2.28. The fourth-order valence-electron chi connectivity index (χ4n) is 3.34. The van der Waals surface area contributed by atoms with Crippen LogP contribution in [0.5, 0.6) is 23.1 Å². The number of methoxy groups -OCH3 is 3. The minimum absolute atomic E-state index is 0.269. The number of ether oxygens (including phenoxy) is 4. The van der Waals surface area contributed by atoms with Gasteiger partial charge < -0.3 is 29.2 Å². The van der Waals surface area contributed by atoms with Crippen LogP contribution >= 0.6 is 0 Å². The van der Waals surface area contributed by atoms with E-state index in [4.69, 9.17) is 18.9 Å². The highest BCUT2D eigenvalue weighted by Gasteiger charge is 2.17. The molecule has 9 nitrogen and oxygen atoms in total. The molecule has 1 aliphatic heterocycles. The lowest BCUT2D eigenvalue weighted by atomic mass is 10.1. The average Bonchev–Trinajstić information content (AvgIpc) is 3.30. The minimum Gasteiger partial charge on any atom is -0.493 e. The van der Waals surface area contributed by atoms with Crippen LogP contribution in [-0.2, 0) is 0 Å². The largest absolute Gasteiger partial charge is 0.493 e. The number of nitrogens with one attached hydrogen (secondary N) is 1. The number of carbonyl (C=O) groups is 1. The Balaban J connectivity index is 1.57. The Morgan fingerprint density at radius 3 is 2.30 bits per heavy atom. The van der Waals surface area contributed by atoms with Gasteiger partial charge in [0.2, 0.25) is 11.6 Å². The summed E-state index contributed by atoms with van der Waals surface area (Å²) in [5.41, 5.74) is 0.402. The molecule has 1 amide bonds. The Kier molecular flexibility index (Phi) is 7.16. The molecule has 0 bridgehead atoms. The number of hydrogen-bond acceptors (Lipinski definition) is 8. The number of rotatable bonds is 9. The maximum absolute atomic E-state index is 12.5. The van der Waals surface area contributed by atoms with Gasteiger partial charge in [0, 0.05) is 24.7 Å². The van der Waals surface area contributed by atoms with E-state index in [2.05, 4.69) is 20.2 Å². The zero-order valence-electron chi connectivity index (χ0n) is 17.9. The molecule has 1 N–H and O–H groups in total. The molecule has 2 heterocycles. The second-order valence-corrected chi connectivity index (χ2v) is 6.82. The second-order valence-electron chi connectivity index (χ2n) is 6.82. The lowest BCUT2D eigenvalue weighted by Gasteiger charge is -2.17. The fraction of sp³-hybridized carbons (Fsp3) is 0.476. The van der Waals surface area contributed by atoms with Gasteiger partial charge in [-0.1, -0.05) is 0 Å². The number of amides is 1. The first-order chi connectivity index (χ1) is 14.5. The number of carbonyl (C=O) groups excluding carboxylic acids is 1. The highest BCUT2D eigenvalue weighted by Crippen LogP contribution is 2.38. The Morgan fingerprint density at radius 2 is 1.70 bits per heavy atom. The Morgan fingerprint density at radius 1 is 1.03 bits per heavy atom. The normalized spacial score (nSPS) is 13.1. The van der Waals surface area contributed by atoms with Crippen molar-refractivity contribution in [2.45, 2.75) is 19.8 Å². The van der Waals surface area contributed by atoms with Crippen LogP contribution in [0.25, 0.3) is 0 Å². The van der Waals surface area contributed by atoms with Gasteiger partial charge in [0.1, 0.15) is 18.2 Å². The average molecular weight is 416 g/mol. The molecule has 1 aromatic carbocycles. The molecule has 162 valence electrons. The standard InChI is InChI=1S/C21H28N4O5/c1-14-23-18(25-8-5-6-9-25)13-19(24-14)30-10-7-22-21(26)15-11-16(27-2)20(29-4)17(12-15)28-3/h11-13H,5-10H2,1-4H3,(H,22,26). The van der Waals surface area contributed by atoms with E-state index in [1.807, 2.05) is 13.0 Å². The molecule has 1 saturated heterocycles. The predicted octanol–water partition coefficient (Wildman–Crippen LogP) is 2.22. The number of benzene rings is 1. The summed E-state index contributed by atoms with van der Waals surface area (Å²) in [6.07, 6.45) is 2.35. The van der Waals surface area contributed by atoms with Crippen molar-refractivity contribution < 1.29 is 23.7 Å². The zero-order valence-corrected chi connectivity index (χ0v) is 17.9. The summed E-state index contributed by atoms with van der Waals surface area (Å²) < 4.78 is 21.6. The summed E-state index contributed by atoms with van der Waals surface area (Å²) in [4.78, 5) is 23.6. The van der Waals surface area contributed by atoms with E-state index in [0.717, 1.165) is 18.9 Å². The molecule has 9 heteroatoms. The number of anilines is 1. The van der Waals surface area contributed by atoms with Crippen LogP contribution in [0, 0.1) is 6.92 Å². The van der Waals surface area contributed by atoms with Crippen molar-refractivity contribution in [3.05, 3.63) is 29.6 Å². The van der Waals surface area contributed by atoms with Crippen LogP contribution < -0.4 is 29.2 Å². The Hall–Kier alpha value is -3.23. The maximum Gasteiger partial charge on any atom is 0.251 e. The van der Waals surface area contributed by atoms with Gasteiger partial charge in [-0.05, 0) is 31.9 Å². The fourth-order valence-corrected chi connectivity index (χ4v) is 3.34. The molecule has 1 aromatic heterocycles. The SMILES string of the molecule is COc1cc(C(=O)NCCOc2cc(N3CCCC3)nc(C)n2)cc(OC)c1OC. The third kappa shape index (κ3) is 5.03. The van der Waals surface area contributed by atoms with E-state index in [-0.39, 0.29) is 12.5 Å². The summed E-state index contributed by atoms with van der Waals surface area (Å²) in [6.45, 7) is 4.45. The zero-order chi connectivity index (χ0) is 21.5. The molecule has 2 aromatic rings.